The largest absolute Gasteiger partial charge is 0.376 e. The van der Waals surface area contributed by atoms with Crippen molar-refractivity contribution < 1.29 is 9.53 Å². The zero-order valence-electron chi connectivity index (χ0n) is 11.3. The van der Waals surface area contributed by atoms with Crippen molar-refractivity contribution in [3.05, 3.63) is 29.8 Å². The van der Waals surface area contributed by atoms with E-state index in [9.17, 15) is 4.79 Å². The first kappa shape index (κ1) is 14.0. The molecule has 1 amide bonds. The number of carbonyl (C=O) groups is 1. The molecule has 19 heavy (non-hydrogen) atoms. The number of anilines is 1. The summed E-state index contributed by atoms with van der Waals surface area (Å²) in [6.07, 6.45) is 0.192. The molecule has 5 heteroatoms. The first-order chi connectivity index (χ1) is 9.19. The zero-order chi connectivity index (χ0) is 13.7. The Morgan fingerprint density at radius 3 is 3.05 bits per heavy atom. The number of hydrogen-bond acceptors (Lipinski definition) is 4. The third-order valence-electron chi connectivity index (χ3n) is 3.20. The van der Waals surface area contributed by atoms with Crippen LogP contribution in [0, 0.1) is 0 Å². The monoisotopic (exact) mass is 263 g/mol. The molecule has 0 bridgehead atoms. The van der Waals surface area contributed by atoms with Crippen molar-refractivity contribution >= 4 is 11.6 Å². The van der Waals surface area contributed by atoms with Crippen LogP contribution in [0.4, 0.5) is 5.69 Å². The highest BCUT2D eigenvalue weighted by Crippen LogP contribution is 2.14. The summed E-state index contributed by atoms with van der Waals surface area (Å²) in [6.45, 7) is 5.13. The summed E-state index contributed by atoms with van der Waals surface area (Å²) in [7, 11) is 0. The number of para-hydroxylation sites is 1. The molecule has 5 nitrogen and oxygen atoms in total. The summed E-state index contributed by atoms with van der Waals surface area (Å²) >= 11 is 0. The molecule has 0 aromatic heterocycles. The van der Waals surface area contributed by atoms with Crippen LogP contribution >= 0.6 is 0 Å². The van der Waals surface area contributed by atoms with Gasteiger partial charge in [-0.1, -0.05) is 18.2 Å². The molecule has 1 aliphatic rings. The first-order valence-corrected chi connectivity index (χ1v) is 6.61. The number of morpholine rings is 1. The molecule has 0 radical (unpaired) electrons. The maximum absolute atomic E-state index is 12.0. The van der Waals surface area contributed by atoms with Crippen molar-refractivity contribution in [2.24, 2.45) is 5.73 Å². The van der Waals surface area contributed by atoms with Gasteiger partial charge < -0.3 is 15.8 Å². The average molecular weight is 263 g/mol. The fraction of sp³-hybridized carbons (Fsp3) is 0.500. The Morgan fingerprint density at radius 1 is 1.53 bits per heavy atom. The molecule has 1 fully saturated rings. The van der Waals surface area contributed by atoms with Gasteiger partial charge in [0.05, 0.1) is 19.3 Å². The van der Waals surface area contributed by atoms with Crippen molar-refractivity contribution in [3.63, 3.8) is 0 Å². The van der Waals surface area contributed by atoms with E-state index in [0.717, 1.165) is 24.3 Å². The van der Waals surface area contributed by atoms with Crippen molar-refractivity contribution in [3.8, 4) is 0 Å². The van der Waals surface area contributed by atoms with Crippen molar-refractivity contribution in [1.29, 1.82) is 0 Å². The summed E-state index contributed by atoms with van der Waals surface area (Å²) in [5.74, 6) is -0.00463. The molecule has 1 aromatic rings. The van der Waals surface area contributed by atoms with Crippen molar-refractivity contribution in [1.82, 2.24) is 4.90 Å². The van der Waals surface area contributed by atoms with E-state index in [1.807, 2.05) is 31.2 Å². The Balaban J connectivity index is 1.90. The molecular weight excluding hydrogens is 242 g/mol. The van der Waals surface area contributed by atoms with Gasteiger partial charge in [-0.3, -0.25) is 9.69 Å². The van der Waals surface area contributed by atoms with E-state index in [1.165, 1.54) is 0 Å². The number of hydrogen-bond donors (Lipinski definition) is 2. The second-order valence-corrected chi connectivity index (χ2v) is 4.83. The lowest BCUT2D eigenvalue weighted by Crippen LogP contribution is -2.44. The SMILES string of the molecule is CC1CN(CC(=O)Nc2ccccc2CN)CCO1. The van der Waals surface area contributed by atoms with Gasteiger partial charge in [-0.15, -0.1) is 0 Å². The van der Waals surface area contributed by atoms with Gasteiger partial charge in [-0.25, -0.2) is 0 Å². The number of carbonyl (C=O) groups excluding carboxylic acids is 1. The summed E-state index contributed by atoms with van der Waals surface area (Å²) in [4.78, 5) is 14.1. The molecule has 1 heterocycles. The highest BCUT2D eigenvalue weighted by Gasteiger charge is 2.19. The predicted molar refractivity (Wildman–Crippen MR) is 74.8 cm³/mol. The minimum absolute atomic E-state index is 0.00463. The number of nitrogens with zero attached hydrogens (tertiary/aromatic N) is 1. The number of nitrogens with two attached hydrogens (primary N) is 1. The van der Waals surface area contributed by atoms with Gasteiger partial charge in [-0.05, 0) is 18.6 Å². The first-order valence-electron chi connectivity index (χ1n) is 6.61. The Labute approximate surface area is 113 Å². The predicted octanol–water partition coefficient (Wildman–Crippen LogP) is 0.804. The van der Waals surface area contributed by atoms with Crippen LogP contribution in [0.3, 0.4) is 0 Å². The fourth-order valence-corrected chi connectivity index (χ4v) is 2.25. The van der Waals surface area contributed by atoms with E-state index in [0.29, 0.717) is 19.7 Å². The van der Waals surface area contributed by atoms with Gasteiger partial charge >= 0.3 is 0 Å². The molecule has 1 atom stereocenters. The average Bonchev–Trinajstić information content (AvgIpc) is 2.39. The molecule has 104 valence electrons. The summed E-state index contributed by atoms with van der Waals surface area (Å²) in [5.41, 5.74) is 7.40. The Bertz CT molecular complexity index is 436. The normalized spacial score (nSPS) is 20.2. The van der Waals surface area contributed by atoms with Crippen LogP contribution in [-0.2, 0) is 16.1 Å². The summed E-state index contributed by atoms with van der Waals surface area (Å²) in [6, 6.07) is 7.61. The standard InChI is InChI=1S/C14H21N3O2/c1-11-9-17(6-7-19-11)10-14(18)16-13-5-3-2-4-12(13)8-15/h2-5,11H,6-10,15H2,1H3,(H,16,18). The lowest BCUT2D eigenvalue weighted by atomic mass is 10.2. The van der Waals surface area contributed by atoms with E-state index in [4.69, 9.17) is 10.5 Å². The molecule has 1 aromatic carbocycles. The number of benzene rings is 1. The number of ether oxygens (including phenoxy) is 1. The fourth-order valence-electron chi connectivity index (χ4n) is 2.25. The molecule has 1 unspecified atom stereocenters. The topological polar surface area (TPSA) is 67.6 Å². The Morgan fingerprint density at radius 2 is 2.32 bits per heavy atom. The summed E-state index contributed by atoms with van der Waals surface area (Å²) < 4.78 is 5.45. The lowest BCUT2D eigenvalue weighted by Gasteiger charge is -2.30. The second-order valence-electron chi connectivity index (χ2n) is 4.83. The van der Waals surface area contributed by atoms with Gasteiger partial charge in [0.15, 0.2) is 0 Å². The molecule has 2 rings (SSSR count). The third kappa shape index (κ3) is 4.02. The van der Waals surface area contributed by atoms with Gasteiger partial charge in [0.2, 0.25) is 5.91 Å². The van der Waals surface area contributed by atoms with Gasteiger partial charge in [0.1, 0.15) is 0 Å². The maximum Gasteiger partial charge on any atom is 0.238 e. The van der Waals surface area contributed by atoms with Crippen LogP contribution in [0.25, 0.3) is 0 Å². The molecule has 0 saturated carbocycles. The highest BCUT2D eigenvalue weighted by molar-refractivity contribution is 5.93. The minimum atomic E-state index is -0.00463. The zero-order valence-corrected chi connectivity index (χ0v) is 11.3. The number of nitrogens with one attached hydrogen (secondary N) is 1. The highest BCUT2D eigenvalue weighted by atomic mass is 16.5. The van der Waals surface area contributed by atoms with Crippen LogP contribution in [-0.4, -0.2) is 43.2 Å². The van der Waals surface area contributed by atoms with Crippen LogP contribution in [0.15, 0.2) is 24.3 Å². The van der Waals surface area contributed by atoms with E-state index < -0.39 is 0 Å². The summed E-state index contributed by atoms with van der Waals surface area (Å²) in [5, 5.41) is 2.92. The van der Waals surface area contributed by atoms with Crippen LogP contribution in [0.2, 0.25) is 0 Å². The van der Waals surface area contributed by atoms with Gasteiger partial charge in [0, 0.05) is 25.3 Å². The molecule has 1 aliphatic heterocycles. The van der Waals surface area contributed by atoms with E-state index in [1.54, 1.807) is 0 Å². The van der Waals surface area contributed by atoms with Crippen LogP contribution in [0.5, 0.6) is 0 Å². The molecule has 1 saturated heterocycles. The quantitative estimate of drug-likeness (QED) is 0.843. The van der Waals surface area contributed by atoms with Gasteiger partial charge in [0.25, 0.3) is 0 Å². The van der Waals surface area contributed by atoms with Gasteiger partial charge in [-0.2, -0.15) is 0 Å². The van der Waals surface area contributed by atoms with E-state index in [2.05, 4.69) is 10.2 Å². The van der Waals surface area contributed by atoms with E-state index in [-0.39, 0.29) is 12.0 Å². The molecule has 0 aliphatic carbocycles. The minimum Gasteiger partial charge on any atom is -0.376 e. The number of amides is 1. The maximum atomic E-state index is 12.0. The smallest absolute Gasteiger partial charge is 0.238 e. The van der Waals surface area contributed by atoms with Crippen LogP contribution in [0.1, 0.15) is 12.5 Å². The van der Waals surface area contributed by atoms with Crippen molar-refractivity contribution in [2.45, 2.75) is 19.6 Å². The third-order valence-corrected chi connectivity index (χ3v) is 3.20. The van der Waals surface area contributed by atoms with Crippen LogP contribution < -0.4 is 11.1 Å². The second kappa shape index (κ2) is 6.65. The Hall–Kier alpha value is -1.43. The lowest BCUT2D eigenvalue weighted by molar-refractivity contribution is -0.119. The molecular formula is C14H21N3O2. The van der Waals surface area contributed by atoms with Crippen molar-refractivity contribution in [2.75, 3.05) is 31.6 Å². The molecule has 3 N–H and O–H groups in total. The van der Waals surface area contributed by atoms with E-state index >= 15 is 0 Å². The Kier molecular flexibility index (Phi) is 4.90. The number of rotatable bonds is 4. The molecule has 0 spiro atoms.